The second-order valence-corrected chi connectivity index (χ2v) is 6.10. The average molecular weight is 306 g/mol. The number of morpholine rings is 2. The normalized spacial score (nSPS) is 24.3. The van der Waals surface area contributed by atoms with E-state index in [1.54, 1.807) is 0 Å². The number of rotatable bonds is 5. The Balaban J connectivity index is 1.44. The molecule has 22 heavy (non-hydrogen) atoms. The number of nitrogens with zero attached hydrogens (tertiary/aromatic N) is 2. The van der Waals surface area contributed by atoms with Gasteiger partial charge < -0.3 is 19.1 Å². The van der Waals surface area contributed by atoms with Crippen molar-refractivity contribution in [2.24, 2.45) is 0 Å². The summed E-state index contributed by atoms with van der Waals surface area (Å²) in [6.45, 7) is 8.07. The minimum absolute atomic E-state index is 0.173. The Kier molecular flexibility index (Phi) is 5.67. The van der Waals surface area contributed by atoms with E-state index in [9.17, 15) is 0 Å². The van der Waals surface area contributed by atoms with Crippen LogP contribution in [0.15, 0.2) is 24.3 Å². The lowest BCUT2D eigenvalue weighted by Gasteiger charge is -2.29. The van der Waals surface area contributed by atoms with E-state index in [4.69, 9.17) is 14.2 Å². The molecule has 2 saturated heterocycles. The molecule has 0 spiro atoms. The van der Waals surface area contributed by atoms with Gasteiger partial charge in [0.05, 0.1) is 19.8 Å². The Hall–Kier alpha value is -1.14. The molecule has 0 amide bonds. The van der Waals surface area contributed by atoms with Gasteiger partial charge in [-0.3, -0.25) is 4.90 Å². The fraction of sp³-hybridized carbons (Fsp3) is 0.647. The standard InChI is InChI=1S/C17H26N2O3/c1-18-6-11-21-17(13-18)14-22-16-4-2-15(3-5-16)12-19-7-9-20-10-8-19/h2-5,17H,6-14H2,1H3. The van der Waals surface area contributed by atoms with Gasteiger partial charge in [-0.25, -0.2) is 0 Å². The van der Waals surface area contributed by atoms with Crippen LogP contribution < -0.4 is 4.74 Å². The van der Waals surface area contributed by atoms with Gasteiger partial charge in [-0.15, -0.1) is 0 Å². The van der Waals surface area contributed by atoms with Crippen molar-refractivity contribution >= 4 is 0 Å². The van der Waals surface area contributed by atoms with E-state index in [2.05, 4.69) is 41.1 Å². The topological polar surface area (TPSA) is 34.2 Å². The Morgan fingerprint density at radius 3 is 2.59 bits per heavy atom. The van der Waals surface area contributed by atoms with Crippen LogP contribution in [0.5, 0.6) is 5.75 Å². The van der Waals surface area contributed by atoms with Crippen molar-refractivity contribution in [1.82, 2.24) is 9.80 Å². The number of hydrogen-bond acceptors (Lipinski definition) is 5. The number of hydrogen-bond donors (Lipinski definition) is 0. The Morgan fingerprint density at radius 1 is 1.09 bits per heavy atom. The molecule has 2 heterocycles. The molecule has 1 aromatic carbocycles. The zero-order valence-corrected chi connectivity index (χ0v) is 13.4. The van der Waals surface area contributed by atoms with Crippen molar-refractivity contribution < 1.29 is 14.2 Å². The molecule has 1 unspecified atom stereocenters. The maximum Gasteiger partial charge on any atom is 0.119 e. The van der Waals surface area contributed by atoms with E-state index in [-0.39, 0.29) is 6.10 Å². The van der Waals surface area contributed by atoms with Crippen molar-refractivity contribution in [3.05, 3.63) is 29.8 Å². The molecule has 2 aliphatic rings. The fourth-order valence-electron chi connectivity index (χ4n) is 2.87. The highest BCUT2D eigenvalue weighted by atomic mass is 16.5. The molecule has 0 radical (unpaired) electrons. The highest BCUT2D eigenvalue weighted by Crippen LogP contribution is 2.15. The van der Waals surface area contributed by atoms with Gasteiger partial charge in [0.15, 0.2) is 0 Å². The van der Waals surface area contributed by atoms with Gasteiger partial charge in [-0.05, 0) is 24.7 Å². The molecule has 0 aliphatic carbocycles. The van der Waals surface area contributed by atoms with Crippen LogP contribution in [0.1, 0.15) is 5.56 Å². The van der Waals surface area contributed by atoms with Gasteiger partial charge in [-0.1, -0.05) is 12.1 Å². The van der Waals surface area contributed by atoms with E-state index in [1.807, 2.05) is 0 Å². The molecule has 2 aliphatic heterocycles. The maximum atomic E-state index is 5.85. The third-order valence-corrected chi connectivity index (χ3v) is 4.21. The van der Waals surface area contributed by atoms with E-state index >= 15 is 0 Å². The van der Waals surface area contributed by atoms with Crippen molar-refractivity contribution in [2.45, 2.75) is 12.6 Å². The first-order valence-corrected chi connectivity index (χ1v) is 8.11. The Morgan fingerprint density at radius 2 is 1.86 bits per heavy atom. The molecule has 5 nitrogen and oxygen atoms in total. The quantitative estimate of drug-likeness (QED) is 0.817. The Bertz CT molecular complexity index is 446. The predicted molar refractivity (Wildman–Crippen MR) is 85.3 cm³/mol. The van der Waals surface area contributed by atoms with Crippen LogP contribution in [0.4, 0.5) is 0 Å². The first kappa shape index (κ1) is 15.7. The highest BCUT2D eigenvalue weighted by molar-refractivity contribution is 5.27. The molecule has 0 aromatic heterocycles. The summed E-state index contributed by atoms with van der Waals surface area (Å²) in [7, 11) is 2.12. The summed E-state index contributed by atoms with van der Waals surface area (Å²) in [6.07, 6.45) is 0.173. The zero-order valence-electron chi connectivity index (χ0n) is 13.4. The molecule has 1 atom stereocenters. The van der Waals surface area contributed by atoms with E-state index in [0.717, 1.165) is 58.3 Å². The minimum Gasteiger partial charge on any atom is -0.491 e. The van der Waals surface area contributed by atoms with Gasteiger partial charge in [0.25, 0.3) is 0 Å². The average Bonchev–Trinajstić information content (AvgIpc) is 2.55. The van der Waals surface area contributed by atoms with Gasteiger partial charge in [0.1, 0.15) is 18.5 Å². The number of ether oxygens (including phenoxy) is 3. The molecular formula is C17H26N2O3. The van der Waals surface area contributed by atoms with Gasteiger partial charge in [0.2, 0.25) is 0 Å². The summed E-state index contributed by atoms with van der Waals surface area (Å²) in [6, 6.07) is 8.42. The summed E-state index contributed by atoms with van der Waals surface area (Å²) < 4.78 is 16.9. The van der Waals surface area contributed by atoms with Crippen molar-refractivity contribution in [3.8, 4) is 5.75 Å². The molecule has 0 N–H and O–H groups in total. The van der Waals surface area contributed by atoms with Crippen LogP contribution in [0.25, 0.3) is 0 Å². The third-order valence-electron chi connectivity index (χ3n) is 4.21. The van der Waals surface area contributed by atoms with Gasteiger partial charge in [0, 0.05) is 32.7 Å². The van der Waals surface area contributed by atoms with Crippen LogP contribution in [0, 0.1) is 0 Å². The molecule has 2 fully saturated rings. The predicted octanol–water partition coefficient (Wildman–Crippen LogP) is 1.23. The molecule has 1 aromatic rings. The molecule has 3 rings (SSSR count). The van der Waals surface area contributed by atoms with Crippen LogP contribution >= 0.6 is 0 Å². The monoisotopic (exact) mass is 306 g/mol. The van der Waals surface area contributed by atoms with Crippen LogP contribution in [0.3, 0.4) is 0 Å². The lowest BCUT2D eigenvalue weighted by atomic mass is 10.2. The molecule has 5 heteroatoms. The first-order chi connectivity index (χ1) is 10.8. The van der Waals surface area contributed by atoms with E-state index in [1.165, 1.54) is 5.56 Å². The van der Waals surface area contributed by atoms with Crippen LogP contribution in [0.2, 0.25) is 0 Å². The summed E-state index contributed by atoms with van der Waals surface area (Å²) in [5.74, 6) is 0.919. The third kappa shape index (κ3) is 4.68. The molecule has 122 valence electrons. The van der Waals surface area contributed by atoms with Crippen molar-refractivity contribution in [2.75, 3.05) is 59.7 Å². The summed E-state index contributed by atoms with van der Waals surface area (Å²) in [5, 5.41) is 0. The number of likely N-dealkylation sites (N-methyl/N-ethyl adjacent to an activating group) is 1. The number of benzene rings is 1. The highest BCUT2D eigenvalue weighted by Gasteiger charge is 2.18. The van der Waals surface area contributed by atoms with E-state index in [0.29, 0.717) is 6.61 Å². The van der Waals surface area contributed by atoms with Crippen molar-refractivity contribution in [1.29, 1.82) is 0 Å². The largest absolute Gasteiger partial charge is 0.491 e. The van der Waals surface area contributed by atoms with Gasteiger partial charge >= 0.3 is 0 Å². The molecular weight excluding hydrogens is 280 g/mol. The molecule has 0 saturated carbocycles. The van der Waals surface area contributed by atoms with Crippen molar-refractivity contribution in [3.63, 3.8) is 0 Å². The fourth-order valence-corrected chi connectivity index (χ4v) is 2.87. The molecule has 0 bridgehead atoms. The second kappa shape index (κ2) is 7.92. The minimum atomic E-state index is 0.173. The summed E-state index contributed by atoms with van der Waals surface area (Å²) in [4.78, 5) is 4.70. The smallest absolute Gasteiger partial charge is 0.119 e. The van der Waals surface area contributed by atoms with Crippen LogP contribution in [-0.4, -0.2) is 75.6 Å². The SMILES string of the molecule is CN1CCOC(COc2ccc(CN3CCOCC3)cc2)C1. The van der Waals surface area contributed by atoms with Crippen LogP contribution in [-0.2, 0) is 16.0 Å². The Labute approximate surface area is 132 Å². The lowest BCUT2D eigenvalue weighted by molar-refractivity contribution is -0.0403. The summed E-state index contributed by atoms with van der Waals surface area (Å²) in [5.41, 5.74) is 1.32. The van der Waals surface area contributed by atoms with E-state index < -0.39 is 0 Å². The summed E-state index contributed by atoms with van der Waals surface area (Å²) >= 11 is 0. The zero-order chi connectivity index (χ0) is 15.2. The second-order valence-electron chi connectivity index (χ2n) is 6.10. The maximum absolute atomic E-state index is 5.85. The lowest BCUT2D eigenvalue weighted by Crippen LogP contribution is -2.42. The first-order valence-electron chi connectivity index (χ1n) is 8.11. The van der Waals surface area contributed by atoms with Gasteiger partial charge in [-0.2, -0.15) is 0 Å².